The second-order valence-corrected chi connectivity index (χ2v) is 5.14. The van der Waals surface area contributed by atoms with Crippen LogP contribution in [0, 0.1) is 6.92 Å². The fraction of sp³-hybridized carbons (Fsp3) is 0.200. The average Bonchev–Trinajstić information content (AvgIpc) is 2.32. The third-order valence-corrected chi connectivity index (χ3v) is 3.34. The molecule has 0 aliphatic rings. The number of aryl methyl sites for hydroxylation is 1. The molecule has 0 saturated carbocycles. The summed E-state index contributed by atoms with van der Waals surface area (Å²) >= 11 is 12.5. The summed E-state index contributed by atoms with van der Waals surface area (Å²) in [5.74, 6) is 0.596. The number of nitrogen functional groups attached to an aromatic ring is 1. The van der Waals surface area contributed by atoms with Crippen molar-refractivity contribution in [3.05, 3.63) is 45.9 Å². The van der Waals surface area contributed by atoms with Gasteiger partial charge in [0.2, 0.25) is 0 Å². The first-order valence-electron chi connectivity index (χ1n) is 6.00. The van der Waals surface area contributed by atoms with Gasteiger partial charge in [0, 0.05) is 17.3 Å². The fourth-order valence-corrected chi connectivity index (χ4v) is 2.47. The van der Waals surface area contributed by atoms with E-state index in [9.17, 15) is 0 Å². The van der Waals surface area contributed by atoms with Crippen LogP contribution >= 0.6 is 23.2 Å². The molecule has 2 aromatic rings. The summed E-state index contributed by atoms with van der Waals surface area (Å²) in [7, 11) is 0. The highest BCUT2D eigenvalue weighted by atomic mass is 35.5. The van der Waals surface area contributed by atoms with Crippen LogP contribution in [0.1, 0.15) is 12.5 Å². The molecule has 2 N–H and O–H groups in total. The summed E-state index contributed by atoms with van der Waals surface area (Å²) in [6.45, 7) is 4.44. The van der Waals surface area contributed by atoms with Crippen molar-refractivity contribution < 1.29 is 4.74 Å². The Labute approximate surface area is 123 Å². The minimum absolute atomic E-state index is 0.543. The van der Waals surface area contributed by atoms with Crippen LogP contribution < -0.4 is 10.5 Å². The zero-order valence-electron chi connectivity index (χ0n) is 10.8. The van der Waals surface area contributed by atoms with E-state index in [0.29, 0.717) is 28.1 Å². The van der Waals surface area contributed by atoms with Crippen molar-refractivity contribution in [2.45, 2.75) is 13.8 Å². The highest BCUT2D eigenvalue weighted by Gasteiger charge is 2.10. The van der Waals surface area contributed by atoms with E-state index >= 15 is 0 Å². The van der Waals surface area contributed by atoms with Crippen molar-refractivity contribution in [1.82, 2.24) is 0 Å². The molecule has 0 unspecified atom stereocenters. The molecule has 0 radical (unpaired) electrons. The molecule has 0 saturated heterocycles. The first kappa shape index (κ1) is 14.0. The lowest BCUT2D eigenvalue weighted by atomic mass is 10.0. The Balaban J connectivity index is 2.53. The summed E-state index contributed by atoms with van der Waals surface area (Å²) in [5, 5.41) is 1.14. The van der Waals surface area contributed by atoms with E-state index in [-0.39, 0.29) is 0 Å². The molecule has 19 heavy (non-hydrogen) atoms. The number of rotatable bonds is 3. The van der Waals surface area contributed by atoms with Gasteiger partial charge in [0.1, 0.15) is 5.75 Å². The number of benzene rings is 2. The highest BCUT2D eigenvalue weighted by Crippen LogP contribution is 2.37. The molecule has 2 nitrogen and oxygen atoms in total. The van der Waals surface area contributed by atoms with E-state index in [0.717, 1.165) is 16.7 Å². The molecule has 0 atom stereocenters. The first-order valence-corrected chi connectivity index (χ1v) is 6.76. The minimum Gasteiger partial charge on any atom is -0.492 e. The van der Waals surface area contributed by atoms with E-state index < -0.39 is 0 Å². The van der Waals surface area contributed by atoms with E-state index in [1.54, 1.807) is 6.07 Å². The van der Waals surface area contributed by atoms with Gasteiger partial charge < -0.3 is 10.5 Å². The summed E-state index contributed by atoms with van der Waals surface area (Å²) in [6.07, 6.45) is 0. The number of hydrogen-bond acceptors (Lipinski definition) is 2. The quantitative estimate of drug-likeness (QED) is 0.813. The van der Waals surface area contributed by atoms with E-state index in [1.165, 1.54) is 0 Å². The van der Waals surface area contributed by atoms with Crippen LogP contribution in [0.4, 0.5) is 5.69 Å². The molecule has 0 bridgehead atoms. The molecule has 4 heteroatoms. The summed E-state index contributed by atoms with van der Waals surface area (Å²) in [4.78, 5) is 0. The van der Waals surface area contributed by atoms with Gasteiger partial charge in [0.25, 0.3) is 0 Å². The van der Waals surface area contributed by atoms with Gasteiger partial charge in [-0.05, 0) is 43.2 Å². The molecule has 0 fully saturated rings. The number of anilines is 1. The van der Waals surface area contributed by atoms with Crippen molar-refractivity contribution in [2.75, 3.05) is 12.3 Å². The van der Waals surface area contributed by atoms with Gasteiger partial charge in [-0.1, -0.05) is 29.3 Å². The molecule has 0 spiro atoms. The van der Waals surface area contributed by atoms with E-state index in [1.807, 2.05) is 38.1 Å². The molecule has 2 aromatic carbocycles. The highest BCUT2D eigenvalue weighted by molar-refractivity contribution is 6.36. The van der Waals surface area contributed by atoms with Crippen LogP contribution in [-0.4, -0.2) is 6.61 Å². The predicted molar refractivity (Wildman–Crippen MR) is 82.2 cm³/mol. The van der Waals surface area contributed by atoms with E-state index in [4.69, 9.17) is 33.7 Å². The van der Waals surface area contributed by atoms with E-state index in [2.05, 4.69) is 0 Å². The summed E-state index contributed by atoms with van der Waals surface area (Å²) < 4.78 is 5.41. The fourth-order valence-electron chi connectivity index (χ4n) is 1.98. The summed E-state index contributed by atoms with van der Waals surface area (Å²) in [6, 6.07) is 9.36. The zero-order valence-corrected chi connectivity index (χ0v) is 12.3. The van der Waals surface area contributed by atoms with Gasteiger partial charge in [-0.3, -0.25) is 0 Å². The lowest BCUT2D eigenvalue weighted by Crippen LogP contribution is -1.93. The second kappa shape index (κ2) is 5.72. The number of nitrogens with two attached hydrogens (primary N) is 1. The predicted octanol–water partition coefficient (Wildman–Crippen LogP) is 4.95. The largest absolute Gasteiger partial charge is 0.492 e. The van der Waals surface area contributed by atoms with Crippen LogP contribution in [0.5, 0.6) is 5.75 Å². The average molecular weight is 296 g/mol. The Morgan fingerprint density at radius 1 is 1.05 bits per heavy atom. The maximum absolute atomic E-state index is 6.30. The third kappa shape index (κ3) is 3.14. The number of hydrogen-bond donors (Lipinski definition) is 1. The van der Waals surface area contributed by atoms with Gasteiger partial charge in [-0.2, -0.15) is 0 Å². The molecule has 0 heterocycles. The van der Waals surface area contributed by atoms with Gasteiger partial charge in [-0.15, -0.1) is 0 Å². The van der Waals surface area contributed by atoms with Crippen molar-refractivity contribution in [2.24, 2.45) is 0 Å². The van der Waals surface area contributed by atoms with Crippen LogP contribution in [-0.2, 0) is 0 Å². The Morgan fingerprint density at radius 3 is 2.42 bits per heavy atom. The Morgan fingerprint density at radius 2 is 1.79 bits per heavy atom. The summed E-state index contributed by atoms with van der Waals surface area (Å²) in [5.41, 5.74) is 9.45. The van der Waals surface area contributed by atoms with Gasteiger partial charge in [0.15, 0.2) is 0 Å². The third-order valence-electron chi connectivity index (χ3n) is 2.73. The van der Waals surface area contributed by atoms with Crippen LogP contribution in [0.2, 0.25) is 10.0 Å². The standard InChI is InChI=1S/C15H15Cl2NO/c1-3-19-15-8-13(16)12(7-14(15)17)10-4-9(2)5-11(18)6-10/h4-8H,3,18H2,1-2H3. The maximum atomic E-state index is 6.30. The monoisotopic (exact) mass is 295 g/mol. The van der Waals surface area contributed by atoms with Crippen LogP contribution in [0.15, 0.2) is 30.3 Å². The maximum Gasteiger partial charge on any atom is 0.139 e. The lowest BCUT2D eigenvalue weighted by Gasteiger charge is -2.11. The normalized spacial score (nSPS) is 10.5. The number of ether oxygens (including phenoxy) is 1. The van der Waals surface area contributed by atoms with Crippen molar-refractivity contribution in [3.8, 4) is 16.9 Å². The van der Waals surface area contributed by atoms with Crippen LogP contribution in [0.3, 0.4) is 0 Å². The lowest BCUT2D eigenvalue weighted by molar-refractivity contribution is 0.340. The van der Waals surface area contributed by atoms with Gasteiger partial charge >= 0.3 is 0 Å². The molecule has 0 aliphatic carbocycles. The van der Waals surface area contributed by atoms with Crippen LogP contribution in [0.25, 0.3) is 11.1 Å². The van der Waals surface area contributed by atoms with Gasteiger partial charge in [0.05, 0.1) is 16.7 Å². The van der Waals surface area contributed by atoms with Crippen molar-refractivity contribution in [3.63, 3.8) is 0 Å². The second-order valence-electron chi connectivity index (χ2n) is 4.33. The Bertz CT molecular complexity index is 591. The Kier molecular flexibility index (Phi) is 4.23. The molecule has 100 valence electrons. The Hall–Kier alpha value is -1.38. The first-order chi connectivity index (χ1) is 9.01. The SMILES string of the molecule is CCOc1cc(Cl)c(-c2cc(C)cc(N)c2)cc1Cl. The number of halogens is 2. The van der Waals surface area contributed by atoms with Crippen molar-refractivity contribution >= 4 is 28.9 Å². The molecule has 2 rings (SSSR count). The zero-order chi connectivity index (χ0) is 14.0. The van der Waals surface area contributed by atoms with Crippen molar-refractivity contribution in [1.29, 1.82) is 0 Å². The van der Waals surface area contributed by atoms with Gasteiger partial charge in [-0.25, -0.2) is 0 Å². The topological polar surface area (TPSA) is 35.2 Å². The molecular formula is C15H15Cl2NO. The molecule has 0 aromatic heterocycles. The molecule has 0 amide bonds. The smallest absolute Gasteiger partial charge is 0.139 e. The molecular weight excluding hydrogens is 281 g/mol. The minimum atomic E-state index is 0.543. The molecule has 0 aliphatic heterocycles.